The number of nitrogens with zero attached hydrogens (tertiary/aromatic N) is 4. The maximum atomic E-state index is 5.58. The molecule has 7 nitrogen and oxygen atoms in total. The summed E-state index contributed by atoms with van der Waals surface area (Å²) in [5, 5.41) is 6.62. The monoisotopic (exact) mass is 386 g/mol. The first-order chi connectivity index (χ1) is 14.3. The van der Waals surface area contributed by atoms with Crippen LogP contribution in [0.25, 0.3) is 17.1 Å². The maximum Gasteiger partial charge on any atom is 0.226 e. The molecule has 2 heterocycles. The van der Waals surface area contributed by atoms with Crippen LogP contribution in [-0.2, 0) is 13.1 Å². The van der Waals surface area contributed by atoms with Gasteiger partial charge in [-0.3, -0.25) is 4.99 Å². The number of aliphatic imine (C=N–C) groups is 1. The van der Waals surface area contributed by atoms with Crippen molar-refractivity contribution in [1.82, 2.24) is 25.2 Å². The molecule has 146 valence electrons. The summed E-state index contributed by atoms with van der Waals surface area (Å²) in [5.41, 5.74) is 3.99. The summed E-state index contributed by atoms with van der Waals surface area (Å²) in [6.45, 7) is 1.14. The van der Waals surface area contributed by atoms with Gasteiger partial charge in [0, 0.05) is 31.5 Å². The normalized spacial score (nSPS) is 11.4. The molecule has 0 atom stereocenters. The minimum Gasteiger partial charge on any atom is -0.444 e. The number of benzene rings is 2. The van der Waals surface area contributed by atoms with Crippen molar-refractivity contribution in [2.24, 2.45) is 4.99 Å². The van der Waals surface area contributed by atoms with Crippen LogP contribution in [0.3, 0.4) is 0 Å². The first-order valence-electron chi connectivity index (χ1n) is 9.34. The van der Waals surface area contributed by atoms with Gasteiger partial charge in [-0.05, 0) is 23.8 Å². The lowest BCUT2D eigenvalue weighted by atomic mass is 10.1. The van der Waals surface area contributed by atoms with Crippen molar-refractivity contribution in [2.45, 2.75) is 13.1 Å². The van der Waals surface area contributed by atoms with Gasteiger partial charge >= 0.3 is 0 Å². The largest absolute Gasteiger partial charge is 0.444 e. The molecule has 0 saturated heterocycles. The van der Waals surface area contributed by atoms with Gasteiger partial charge in [0.1, 0.15) is 6.26 Å². The molecule has 0 fully saturated rings. The number of para-hydroxylation sites is 1. The SMILES string of the molecule is CN=C(NCc1coc(-c2ccccc2)n1)NCc1ccccc1-n1ccnc1. The Morgan fingerprint density at radius 1 is 1.03 bits per heavy atom. The van der Waals surface area contributed by atoms with Crippen molar-refractivity contribution in [2.75, 3.05) is 7.05 Å². The Hall–Kier alpha value is -3.87. The molecule has 2 N–H and O–H groups in total. The zero-order chi connectivity index (χ0) is 19.9. The van der Waals surface area contributed by atoms with Gasteiger partial charge < -0.3 is 19.6 Å². The summed E-state index contributed by atoms with van der Waals surface area (Å²) in [6, 6.07) is 18.0. The predicted molar refractivity (Wildman–Crippen MR) is 113 cm³/mol. The van der Waals surface area contributed by atoms with E-state index in [-0.39, 0.29) is 0 Å². The van der Waals surface area contributed by atoms with Crippen LogP contribution in [0.5, 0.6) is 0 Å². The molecule has 0 aliphatic heterocycles. The van der Waals surface area contributed by atoms with E-state index in [4.69, 9.17) is 4.42 Å². The van der Waals surface area contributed by atoms with Crippen LogP contribution in [0.4, 0.5) is 0 Å². The third kappa shape index (κ3) is 4.52. The number of nitrogens with one attached hydrogen (secondary N) is 2. The number of imidazole rings is 1. The summed E-state index contributed by atoms with van der Waals surface area (Å²) in [5.74, 6) is 1.30. The lowest BCUT2D eigenvalue weighted by molar-refractivity contribution is 0.572. The highest BCUT2D eigenvalue weighted by Gasteiger charge is 2.08. The van der Waals surface area contributed by atoms with E-state index in [1.165, 1.54) is 0 Å². The molecule has 4 aromatic rings. The van der Waals surface area contributed by atoms with Gasteiger partial charge in [0.15, 0.2) is 5.96 Å². The van der Waals surface area contributed by atoms with Crippen molar-refractivity contribution in [3.63, 3.8) is 0 Å². The molecule has 0 bridgehead atoms. The van der Waals surface area contributed by atoms with Gasteiger partial charge in [-0.1, -0.05) is 36.4 Å². The molecule has 2 aromatic carbocycles. The topological polar surface area (TPSA) is 80.3 Å². The van der Waals surface area contributed by atoms with Gasteiger partial charge in [-0.15, -0.1) is 0 Å². The zero-order valence-corrected chi connectivity index (χ0v) is 16.1. The van der Waals surface area contributed by atoms with E-state index in [9.17, 15) is 0 Å². The van der Waals surface area contributed by atoms with Crippen LogP contribution in [-0.4, -0.2) is 27.5 Å². The third-order valence-electron chi connectivity index (χ3n) is 4.45. The number of hydrogen-bond donors (Lipinski definition) is 2. The van der Waals surface area contributed by atoms with E-state index in [0.717, 1.165) is 22.5 Å². The Morgan fingerprint density at radius 2 is 1.83 bits per heavy atom. The molecule has 0 aliphatic carbocycles. The molecular weight excluding hydrogens is 364 g/mol. The Bertz CT molecular complexity index is 1070. The highest BCUT2D eigenvalue weighted by molar-refractivity contribution is 5.79. The van der Waals surface area contributed by atoms with E-state index < -0.39 is 0 Å². The minimum atomic E-state index is 0.513. The third-order valence-corrected chi connectivity index (χ3v) is 4.45. The molecule has 0 saturated carbocycles. The molecule has 0 aliphatic rings. The smallest absolute Gasteiger partial charge is 0.226 e. The molecule has 0 unspecified atom stereocenters. The predicted octanol–water partition coefficient (Wildman–Crippen LogP) is 3.39. The highest BCUT2D eigenvalue weighted by Crippen LogP contribution is 2.18. The van der Waals surface area contributed by atoms with Crippen LogP contribution in [0.15, 0.2) is 89.0 Å². The second-order valence-electron chi connectivity index (χ2n) is 6.39. The van der Waals surface area contributed by atoms with Gasteiger partial charge in [-0.2, -0.15) is 0 Å². The van der Waals surface area contributed by atoms with E-state index >= 15 is 0 Å². The van der Waals surface area contributed by atoms with Crippen LogP contribution in [0.1, 0.15) is 11.3 Å². The zero-order valence-electron chi connectivity index (χ0n) is 16.1. The Kier molecular flexibility index (Phi) is 5.66. The highest BCUT2D eigenvalue weighted by atomic mass is 16.3. The number of guanidine groups is 1. The molecular formula is C22H22N6O. The second-order valence-corrected chi connectivity index (χ2v) is 6.39. The van der Waals surface area contributed by atoms with E-state index in [0.29, 0.717) is 24.9 Å². The molecule has 7 heteroatoms. The first-order valence-corrected chi connectivity index (χ1v) is 9.34. The summed E-state index contributed by atoms with van der Waals surface area (Å²) >= 11 is 0. The quantitative estimate of drug-likeness (QED) is 0.392. The molecule has 0 radical (unpaired) electrons. The Morgan fingerprint density at radius 3 is 2.62 bits per heavy atom. The fourth-order valence-corrected chi connectivity index (χ4v) is 2.99. The Balaban J connectivity index is 1.36. The number of rotatable bonds is 6. The van der Waals surface area contributed by atoms with Crippen molar-refractivity contribution >= 4 is 5.96 Å². The van der Waals surface area contributed by atoms with E-state index in [1.807, 2.05) is 53.2 Å². The van der Waals surface area contributed by atoms with Gasteiger partial charge in [0.05, 0.1) is 24.3 Å². The number of oxazole rings is 1. The average Bonchev–Trinajstić information content (AvgIpc) is 3.47. The van der Waals surface area contributed by atoms with Gasteiger partial charge in [0.25, 0.3) is 0 Å². The molecule has 29 heavy (non-hydrogen) atoms. The summed E-state index contributed by atoms with van der Waals surface area (Å²) in [7, 11) is 1.75. The van der Waals surface area contributed by atoms with Crippen molar-refractivity contribution in [3.05, 3.63) is 90.8 Å². The van der Waals surface area contributed by atoms with Crippen LogP contribution in [0.2, 0.25) is 0 Å². The van der Waals surface area contributed by atoms with Gasteiger partial charge in [0.2, 0.25) is 5.89 Å². The standard InChI is InChI=1S/C22H22N6O/c1-23-22(25-13-18-9-5-6-10-20(18)28-12-11-24-16-28)26-14-19-15-29-21(27-19)17-7-3-2-4-8-17/h2-12,15-16H,13-14H2,1H3,(H2,23,25,26). The van der Waals surface area contributed by atoms with Crippen LogP contribution in [0, 0.1) is 0 Å². The van der Waals surface area contributed by atoms with Crippen molar-refractivity contribution in [1.29, 1.82) is 0 Å². The maximum absolute atomic E-state index is 5.58. The number of hydrogen-bond acceptors (Lipinski definition) is 4. The van der Waals surface area contributed by atoms with Crippen LogP contribution < -0.4 is 10.6 Å². The molecule has 0 spiro atoms. The Labute approximate surface area is 169 Å². The average molecular weight is 386 g/mol. The van der Waals surface area contributed by atoms with E-state index in [2.05, 4.69) is 37.7 Å². The van der Waals surface area contributed by atoms with Crippen molar-refractivity contribution in [3.8, 4) is 17.1 Å². The minimum absolute atomic E-state index is 0.513. The second kappa shape index (κ2) is 8.88. The summed E-state index contributed by atoms with van der Waals surface area (Å²) in [6.07, 6.45) is 7.16. The molecule has 0 amide bonds. The van der Waals surface area contributed by atoms with Gasteiger partial charge in [-0.25, -0.2) is 9.97 Å². The lowest BCUT2D eigenvalue weighted by Crippen LogP contribution is -2.36. The molecule has 4 rings (SSSR count). The van der Waals surface area contributed by atoms with E-state index in [1.54, 1.807) is 25.8 Å². The number of aromatic nitrogens is 3. The summed E-state index contributed by atoms with van der Waals surface area (Å²) < 4.78 is 7.58. The van der Waals surface area contributed by atoms with Crippen molar-refractivity contribution < 1.29 is 4.42 Å². The fraction of sp³-hybridized carbons (Fsp3) is 0.136. The fourth-order valence-electron chi connectivity index (χ4n) is 2.99. The lowest BCUT2D eigenvalue weighted by Gasteiger charge is -2.14. The molecule has 2 aromatic heterocycles. The summed E-state index contributed by atoms with van der Waals surface area (Å²) in [4.78, 5) is 13.0. The van der Waals surface area contributed by atoms with Crippen LogP contribution >= 0.6 is 0 Å². The first kappa shape index (κ1) is 18.5.